The smallest absolute Gasteiger partial charge is 0.128 e. The molecule has 1 aromatic rings. The van der Waals surface area contributed by atoms with Gasteiger partial charge in [0.15, 0.2) is 0 Å². The largest absolute Gasteiger partial charge is 0.487 e. The highest BCUT2D eigenvalue weighted by atomic mass is 19.1. The second-order valence-corrected chi connectivity index (χ2v) is 5.41. The maximum Gasteiger partial charge on any atom is 0.128 e. The number of aliphatic hydroxyl groups excluding tert-OH is 1. The number of unbranched alkanes of at least 4 members (excludes halogenated alkanes) is 2. The zero-order valence-corrected chi connectivity index (χ0v) is 11.1. The van der Waals surface area contributed by atoms with E-state index in [4.69, 9.17) is 4.74 Å². The Morgan fingerprint density at radius 3 is 2.94 bits per heavy atom. The summed E-state index contributed by atoms with van der Waals surface area (Å²) in [7, 11) is 0. The van der Waals surface area contributed by atoms with Crippen molar-refractivity contribution in [1.29, 1.82) is 0 Å². The minimum Gasteiger partial charge on any atom is -0.487 e. The zero-order valence-electron chi connectivity index (χ0n) is 11.1. The normalized spacial score (nSPS) is 26.6. The molecular weight excluding hydrogens is 231 g/mol. The van der Waals surface area contributed by atoms with Crippen LogP contribution < -0.4 is 4.74 Å². The molecule has 0 radical (unpaired) electrons. The number of fused-ring (bicyclic) bond motifs is 1. The van der Waals surface area contributed by atoms with E-state index in [-0.39, 0.29) is 11.4 Å². The lowest BCUT2D eigenvalue weighted by Gasteiger charge is -2.38. The Kier molecular flexibility index (Phi) is 3.91. The van der Waals surface area contributed by atoms with E-state index in [0.29, 0.717) is 17.7 Å². The number of halogens is 1. The number of benzene rings is 1. The Bertz CT molecular complexity index is 419. The van der Waals surface area contributed by atoms with E-state index < -0.39 is 6.10 Å². The van der Waals surface area contributed by atoms with Gasteiger partial charge in [-0.05, 0) is 31.9 Å². The maximum atomic E-state index is 13.2. The molecule has 3 heteroatoms. The first-order valence-corrected chi connectivity index (χ1v) is 6.70. The predicted octanol–water partition coefficient (Wildman–Crippen LogP) is 3.98. The van der Waals surface area contributed by atoms with Gasteiger partial charge in [-0.15, -0.1) is 0 Å². The summed E-state index contributed by atoms with van der Waals surface area (Å²) in [4.78, 5) is 0. The molecule has 0 aliphatic carbocycles. The Hall–Kier alpha value is -1.09. The van der Waals surface area contributed by atoms with E-state index in [1.54, 1.807) is 6.07 Å². The number of rotatable bonds is 4. The molecule has 1 aliphatic rings. The van der Waals surface area contributed by atoms with E-state index in [9.17, 15) is 9.50 Å². The fraction of sp³-hybridized carbons (Fsp3) is 0.600. The summed E-state index contributed by atoms with van der Waals surface area (Å²) in [6.45, 7) is 4.16. The molecule has 0 bridgehead atoms. The molecule has 0 amide bonds. The van der Waals surface area contributed by atoms with Crippen molar-refractivity contribution >= 4 is 0 Å². The van der Waals surface area contributed by atoms with Gasteiger partial charge in [0.1, 0.15) is 17.2 Å². The second-order valence-electron chi connectivity index (χ2n) is 5.41. The molecule has 2 rings (SSSR count). The van der Waals surface area contributed by atoms with Crippen molar-refractivity contribution in [3.63, 3.8) is 0 Å². The van der Waals surface area contributed by atoms with Crippen molar-refractivity contribution < 1.29 is 14.2 Å². The van der Waals surface area contributed by atoms with Crippen molar-refractivity contribution in [2.75, 3.05) is 0 Å². The molecule has 1 aliphatic heterocycles. The van der Waals surface area contributed by atoms with Crippen LogP contribution in [-0.4, -0.2) is 10.7 Å². The van der Waals surface area contributed by atoms with Gasteiger partial charge in [0, 0.05) is 18.1 Å². The standard InChI is InChI=1S/C15H21FO2/c1-3-4-5-8-15(2)10-13(17)12-7-6-11(16)9-14(12)18-15/h6-7,9,13,17H,3-5,8,10H2,1-2H3/t13-,15?/m0/s1. The molecule has 0 saturated carbocycles. The number of aliphatic hydroxyl groups is 1. The molecule has 0 saturated heterocycles. The van der Waals surface area contributed by atoms with Gasteiger partial charge in [0.2, 0.25) is 0 Å². The van der Waals surface area contributed by atoms with Crippen molar-refractivity contribution in [2.24, 2.45) is 0 Å². The van der Waals surface area contributed by atoms with E-state index >= 15 is 0 Å². The lowest BCUT2D eigenvalue weighted by molar-refractivity contribution is -0.00870. The lowest BCUT2D eigenvalue weighted by atomic mass is 9.86. The van der Waals surface area contributed by atoms with Gasteiger partial charge in [-0.1, -0.05) is 19.8 Å². The van der Waals surface area contributed by atoms with E-state index in [1.807, 2.05) is 6.92 Å². The summed E-state index contributed by atoms with van der Waals surface area (Å²) in [5.41, 5.74) is 0.319. The van der Waals surface area contributed by atoms with Crippen molar-refractivity contribution in [3.8, 4) is 5.75 Å². The molecule has 0 aromatic heterocycles. The van der Waals surface area contributed by atoms with E-state index in [0.717, 1.165) is 25.7 Å². The third-order valence-corrected chi connectivity index (χ3v) is 3.63. The molecule has 1 heterocycles. The Labute approximate surface area is 108 Å². The molecule has 1 aromatic carbocycles. The summed E-state index contributed by atoms with van der Waals surface area (Å²) in [5, 5.41) is 10.1. The van der Waals surface area contributed by atoms with E-state index in [1.165, 1.54) is 12.1 Å². The van der Waals surface area contributed by atoms with Crippen molar-refractivity contribution in [3.05, 3.63) is 29.6 Å². The van der Waals surface area contributed by atoms with Crippen LogP contribution in [0.2, 0.25) is 0 Å². The third-order valence-electron chi connectivity index (χ3n) is 3.63. The first-order valence-electron chi connectivity index (χ1n) is 6.70. The molecular formula is C15H21FO2. The number of hydrogen-bond donors (Lipinski definition) is 1. The summed E-state index contributed by atoms with van der Waals surface area (Å²) in [5.74, 6) is 0.173. The fourth-order valence-electron chi connectivity index (χ4n) is 2.60. The molecule has 0 fully saturated rings. The average molecular weight is 252 g/mol. The molecule has 0 spiro atoms. The van der Waals surface area contributed by atoms with Gasteiger partial charge >= 0.3 is 0 Å². The van der Waals surface area contributed by atoms with Crippen LogP contribution in [0.15, 0.2) is 18.2 Å². The fourth-order valence-corrected chi connectivity index (χ4v) is 2.60. The van der Waals surface area contributed by atoms with Gasteiger partial charge in [-0.25, -0.2) is 4.39 Å². The zero-order chi connectivity index (χ0) is 13.2. The van der Waals surface area contributed by atoms with Crippen LogP contribution in [0.3, 0.4) is 0 Å². The molecule has 18 heavy (non-hydrogen) atoms. The Balaban J connectivity index is 2.15. The lowest BCUT2D eigenvalue weighted by Crippen LogP contribution is -2.38. The van der Waals surface area contributed by atoms with Crippen molar-refractivity contribution in [2.45, 2.75) is 57.7 Å². The monoisotopic (exact) mass is 252 g/mol. The minimum atomic E-state index is -0.555. The molecule has 2 nitrogen and oxygen atoms in total. The number of ether oxygens (including phenoxy) is 1. The summed E-state index contributed by atoms with van der Waals surface area (Å²) in [6.07, 6.45) is 4.31. The van der Waals surface area contributed by atoms with Gasteiger partial charge < -0.3 is 9.84 Å². The first kappa shape index (κ1) is 13.3. The van der Waals surface area contributed by atoms with Crippen LogP contribution in [0, 0.1) is 5.82 Å². The predicted molar refractivity (Wildman–Crippen MR) is 69.2 cm³/mol. The Morgan fingerprint density at radius 2 is 2.22 bits per heavy atom. The SMILES string of the molecule is CCCCCC1(C)C[C@H](O)c2ccc(F)cc2O1. The highest BCUT2D eigenvalue weighted by Gasteiger charge is 2.36. The van der Waals surface area contributed by atoms with Gasteiger partial charge in [0.05, 0.1) is 6.10 Å². The van der Waals surface area contributed by atoms with Crippen LogP contribution in [-0.2, 0) is 0 Å². The van der Waals surface area contributed by atoms with Gasteiger partial charge in [-0.3, -0.25) is 0 Å². The number of hydrogen-bond acceptors (Lipinski definition) is 2. The molecule has 2 atom stereocenters. The molecule has 1 unspecified atom stereocenters. The van der Waals surface area contributed by atoms with Crippen molar-refractivity contribution in [1.82, 2.24) is 0 Å². The third kappa shape index (κ3) is 2.83. The molecule has 1 N–H and O–H groups in total. The summed E-state index contributed by atoms with van der Waals surface area (Å²) < 4.78 is 19.1. The summed E-state index contributed by atoms with van der Waals surface area (Å²) in [6, 6.07) is 4.35. The molecule has 100 valence electrons. The first-order chi connectivity index (χ1) is 8.54. The maximum absolute atomic E-state index is 13.2. The van der Waals surface area contributed by atoms with E-state index in [2.05, 4.69) is 6.92 Å². The summed E-state index contributed by atoms with van der Waals surface area (Å²) >= 11 is 0. The topological polar surface area (TPSA) is 29.5 Å². The van der Waals surface area contributed by atoms with Crippen LogP contribution in [0.25, 0.3) is 0 Å². The minimum absolute atomic E-state index is 0.321. The van der Waals surface area contributed by atoms with Gasteiger partial charge in [-0.2, -0.15) is 0 Å². The highest BCUT2D eigenvalue weighted by Crippen LogP contribution is 2.41. The van der Waals surface area contributed by atoms with Crippen LogP contribution >= 0.6 is 0 Å². The van der Waals surface area contributed by atoms with Crippen LogP contribution in [0.4, 0.5) is 4.39 Å². The quantitative estimate of drug-likeness (QED) is 0.821. The second kappa shape index (κ2) is 5.27. The average Bonchev–Trinajstić information content (AvgIpc) is 2.28. The van der Waals surface area contributed by atoms with Crippen LogP contribution in [0.1, 0.15) is 57.6 Å². The Morgan fingerprint density at radius 1 is 1.44 bits per heavy atom. The van der Waals surface area contributed by atoms with Crippen LogP contribution in [0.5, 0.6) is 5.75 Å². The highest BCUT2D eigenvalue weighted by molar-refractivity contribution is 5.38. The van der Waals surface area contributed by atoms with Gasteiger partial charge in [0.25, 0.3) is 0 Å².